The molecule has 1 atom stereocenters. The van der Waals surface area contributed by atoms with E-state index < -0.39 is 0 Å². The van der Waals surface area contributed by atoms with E-state index in [-0.39, 0.29) is 6.17 Å². The van der Waals surface area contributed by atoms with Gasteiger partial charge in [-0.25, -0.2) is 10.4 Å². The highest BCUT2D eigenvalue weighted by molar-refractivity contribution is 7.25. The summed E-state index contributed by atoms with van der Waals surface area (Å²) < 4.78 is 2.63. The Bertz CT molecular complexity index is 1070. The third kappa shape index (κ3) is 2.19. The molecule has 1 aliphatic rings. The average molecular weight is 329 g/mol. The van der Waals surface area contributed by atoms with Crippen LogP contribution in [0.5, 0.6) is 0 Å². The van der Waals surface area contributed by atoms with Crippen LogP contribution in [-0.4, -0.2) is 5.84 Å². The minimum absolute atomic E-state index is 0.0604. The topological polar surface area (TPSA) is 36.4 Å². The molecule has 1 aliphatic heterocycles. The third-order valence-electron chi connectivity index (χ3n) is 4.35. The molecule has 4 heteroatoms. The molecule has 3 aromatic carbocycles. The molecule has 3 nitrogen and oxygen atoms in total. The molecule has 0 saturated carbocycles. The second-order valence-electron chi connectivity index (χ2n) is 5.87. The van der Waals surface area contributed by atoms with Crippen LogP contribution >= 0.6 is 11.3 Å². The van der Waals surface area contributed by atoms with E-state index in [4.69, 9.17) is 4.99 Å². The highest BCUT2D eigenvalue weighted by atomic mass is 32.1. The summed E-state index contributed by atoms with van der Waals surface area (Å²) in [7, 11) is 0. The molecular formula is C20H15N3S. The number of benzene rings is 3. The summed E-state index contributed by atoms with van der Waals surface area (Å²) in [4.78, 5) is 4.79. The lowest BCUT2D eigenvalue weighted by Crippen LogP contribution is -2.31. The predicted molar refractivity (Wildman–Crippen MR) is 101 cm³/mol. The highest BCUT2D eigenvalue weighted by Crippen LogP contribution is 2.35. The van der Waals surface area contributed by atoms with E-state index >= 15 is 0 Å². The molecular weight excluding hydrogens is 314 g/mol. The molecule has 0 bridgehead atoms. The molecule has 0 fully saturated rings. The average Bonchev–Trinajstić information content (AvgIpc) is 3.27. The summed E-state index contributed by atoms with van der Waals surface area (Å²) in [6, 6.07) is 25.4. The predicted octanol–water partition coefficient (Wildman–Crippen LogP) is 4.61. The van der Waals surface area contributed by atoms with Crippen LogP contribution < -0.4 is 10.9 Å². The molecule has 0 amide bonds. The van der Waals surface area contributed by atoms with Crippen LogP contribution in [0.1, 0.15) is 17.3 Å². The molecule has 0 saturated heterocycles. The number of thiophene rings is 1. The lowest BCUT2D eigenvalue weighted by atomic mass is 10.1. The van der Waals surface area contributed by atoms with Crippen LogP contribution in [0.25, 0.3) is 20.2 Å². The van der Waals surface area contributed by atoms with Crippen molar-refractivity contribution in [1.29, 1.82) is 0 Å². The first-order chi connectivity index (χ1) is 11.9. The van der Waals surface area contributed by atoms with E-state index in [0.29, 0.717) is 0 Å². The number of hydrogen-bond acceptors (Lipinski definition) is 4. The minimum Gasteiger partial charge on any atom is -0.303 e. The SMILES string of the molecule is c1ccc(C2=NC(c3ccc4c(c3)sc3ccccc34)NN2)cc1. The summed E-state index contributed by atoms with van der Waals surface area (Å²) in [5.41, 5.74) is 8.74. The fraction of sp³-hybridized carbons (Fsp3) is 0.0500. The third-order valence-corrected chi connectivity index (χ3v) is 5.48. The number of rotatable bonds is 2. The Kier molecular flexibility index (Phi) is 3.11. The summed E-state index contributed by atoms with van der Waals surface area (Å²) in [5, 5.41) is 2.65. The van der Waals surface area contributed by atoms with Crippen molar-refractivity contribution in [3.8, 4) is 0 Å². The zero-order chi connectivity index (χ0) is 15.9. The maximum atomic E-state index is 4.79. The summed E-state index contributed by atoms with van der Waals surface area (Å²) in [5.74, 6) is 0.886. The van der Waals surface area contributed by atoms with Gasteiger partial charge in [0.05, 0.1) is 0 Å². The molecule has 1 unspecified atom stereocenters. The van der Waals surface area contributed by atoms with E-state index in [2.05, 4.69) is 65.4 Å². The molecule has 1 aromatic heterocycles. The molecule has 0 aliphatic carbocycles. The van der Waals surface area contributed by atoms with Crippen molar-refractivity contribution in [3.63, 3.8) is 0 Å². The fourth-order valence-electron chi connectivity index (χ4n) is 3.14. The van der Waals surface area contributed by atoms with Crippen molar-refractivity contribution in [2.45, 2.75) is 6.17 Å². The maximum absolute atomic E-state index is 4.79. The Morgan fingerprint density at radius 2 is 1.58 bits per heavy atom. The van der Waals surface area contributed by atoms with Gasteiger partial charge in [-0.3, -0.25) is 0 Å². The summed E-state index contributed by atoms with van der Waals surface area (Å²) >= 11 is 1.84. The lowest BCUT2D eigenvalue weighted by molar-refractivity contribution is 0.575. The number of nitrogens with zero attached hydrogens (tertiary/aromatic N) is 1. The number of hydrazine groups is 1. The molecule has 116 valence electrons. The van der Waals surface area contributed by atoms with Gasteiger partial charge in [-0.05, 0) is 17.7 Å². The lowest BCUT2D eigenvalue weighted by Gasteiger charge is -2.07. The van der Waals surface area contributed by atoms with Gasteiger partial charge in [0, 0.05) is 25.7 Å². The molecule has 5 rings (SSSR count). The van der Waals surface area contributed by atoms with E-state index in [0.717, 1.165) is 11.4 Å². The van der Waals surface area contributed by atoms with Gasteiger partial charge in [-0.2, -0.15) is 0 Å². The standard InChI is InChI=1S/C20H15N3S/c1-2-6-13(7-3-1)19-21-20(23-22-19)14-10-11-16-15-8-4-5-9-17(15)24-18(16)12-14/h1-12,20,23H,(H,21,22). The molecule has 2 heterocycles. The van der Waals surface area contributed by atoms with Gasteiger partial charge < -0.3 is 5.43 Å². The molecule has 0 radical (unpaired) electrons. The second-order valence-corrected chi connectivity index (χ2v) is 6.95. The summed E-state index contributed by atoms with van der Waals surface area (Å²) in [6.45, 7) is 0. The van der Waals surface area contributed by atoms with E-state index in [1.54, 1.807) is 0 Å². The largest absolute Gasteiger partial charge is 0.303 e. The van der Waals surface area contributed by atoms with Crippen molar-refractivity contribution >= 4 is 37.3 Å². The Morgan fingerprint density at radius 3 is 2.50 bits per heavy atom. The number of aliphatic imine (C=N–C) groups is 1. The Morgan fingerprint density at radius 1 is 0.792 bits per heavy atom. The smallest absolute Gasteiger partial charge is 0.144 e. The van der Waals surface area contributed by atoms with E-state index in [1.165, 1.54) is 25.7 Å². The zero-order valence-electron chi connectivity index (χ0n) is 12.9. The molecule has 24 heavy (non-hydrogen) atoms. The van der Waals surface area contributed by atoms with E-state index in [9.17, 15) is 0 Å². The van der Waals surface area contributed by atoms with Crippen LogP contribution in [0.4, 0.5) is 0 Å². The maximum Gasteiger partial charge on any atom is 0.144 e. The van der Waals surface area contributed by atoms with Crippen molar-refractivity contribution in [2.24, 2.45) is 4.99 Å². The zero-order valence-corrected chi connectivity index (χ0v) is 13.7. The quantitative estimate of drug-likeness (QED) is 0.563. The van der Waals surface area contributed by atoms with Crippen molar-refractivity contribution in [1.82, 2.24) is 10.9 Å². The molecule has 2 N–H and O–H groups in total. The first-order valence-electron chi connectivity index (χ1n) is 7.94. The van der Waals surface area contributed by atoms with Crippen molar-refractivity contribution in [2.75, 3.05) is 0 Å². The van der Waals surface area contributed by atoms with Crippen LogP contribution in [0.3, 0.4) is 0 Å². The fourth-order valence-corrected chi connectivity index (χ4v) is 4.30. The second kappa shape index (κ2) is 5.44. The minimum atomic E-state index is -0.0604. The van der Waals surface area contributed by atoms with Crippen LogP contribution in [0.2, 0.25) is 0 Å². The van der Waals surface area contributed by atoms with Crippen LogP contribution in [0, 0.1) is 0 Å². The monoisotopic (exact) mass is 329 g/mol. The highest BCUT2D eigenvalue weighted by Gasteiger charge is 2.19. The van der Waals surface area contributed by atoms with Gasteiger partial charge in [0.1, 0.15) is 12.0 Å². The van der Waals surface area contributed by atoms with Crippen molar-refractivity contribution < 1.29 is 0 Å². The van der Waals surface area contributed by atoms with Gasteiger partial charge in [0.25, 0.3) is 0 Å². The Hall–Kier alpha value is -2.69. The molecule has 4 aromatic rings. The van der Waals surface area contributed by atoms with Gasteiger partial charge in [-0.15, -0.1) is 11.3 Å². The first-order valence-corrected chi connectivity index (χ1v) is 8.76. The van der Waals surface area contributed by atoms with Crippen molar-refractivity contribution in [3.05, 3.63) is 83.9 Å². The van der Waals surface area contributed by atoms with Crippen LogP contribution in [0.15, 0.2) is 77.8 Å². The normalized spacial score (nSPS) is 17.2. The molecule has 0 spiro atoms. The van der Waals surface area contributed by atoms with Gasteiger partial charge in [0.2, 0.25) is 0 Å². The number of amidine groups is 1. The van der Waals surface area contributed by atoms with Gasteiger partial charge in [-0.1, -0.05) is 60.7 Å². The Balaban J connectivity index is 1.55. The number of hydrogen-bond donors (Lipinski definition) is 2. The Labute approximate surface area is 143 Å². The summed E-state index contributed by atoms with van der Waals surface area (Å²) in [6.07, 6.45) is -0.0604. The number of fused-ring (bicyclic) bond motifs is 3. The van der Waals surface area contributed by atoms with Gasteiger partial charge in [0.15, 0.2) is 0 Å². The first kappa shape index (κ1) is 13.7. The van der Waals surface area contributed by atoms with Gasteiger partial charge >= 0.3 is 0 Å². The van der Waals surface area contributed by atoms with E-state index in [1.807, 2.05) is 29.5 Å². The number of nitrogens with one attached hydrogen (secondary N) is 2. The van der Waals surface area contributed by atoms with Crippen LogP contribution in [-0.2, 0) is 0 Å².